The maximum atomic E-state index is 10.8. The molecular weight excluding hydrogens is 273 g/mol. The summed E-state index contributed by atoms with van der Waals surface area (Å²) in [6, 6.07) is 5.49. The molecule has 98 valence electrons. The number of aliphatic carboxylic acids is 1. The van der Waals surface area contributed by atoms with E-state index >= 15 is 0 Å². The van der Waals surface area contributed by atoms with Gasteiger partial charge in [-0.15, -0.1) is 0 Å². The van der Waals surface area contributed by atoms with Crippen LogP contribution in [0.25, 0.3) is 0 Å². The van der Waals surface area contributed by atoms with Crippen LogP contribution in [0.15, 0.2) is 18.2 Å². The van der Waals surface area contributed by atoms with Crippen LogP contribution in [0.4, 0.5) is 0 Å². The molecule has 0 aliphatic carbocycles. The van der Waals surface area contributed by atoms with Crippen molar-refractivity contribution in [3.8, 4) is 0 Å². The summed E-state index contributed by atoms with van der Waals surface area (Å²) in [6.07, 6.45) is 2.17. The molecule has 1 N–H and O–H groups in total. The first-order chi connectivity index (χ1) is 8.56. The number of carboxylic acids is 1. The van der Waals surface area contributed by atoms with E-state index in [4.69, 9.17) is 28.3 Å². The highest BCUT2D eigenvalue weighted by molar-refractivity contribution is 6.33. The maximum absolute atomic E-state index is 10.8. The molecule has 1 atom stereocenters. The van der Waals surface area contributed by atoms with Gasteiger partial charge >= 0.3 is 5.97 Å². The third-order valence-electron chi connectivity index (χ3n) is 3.29. The van der Waals surface area contributed by atoms with Gasteiger partial charge in [-0.25, -0.2) is 0 Å². The van der Waals surface area contributed by atoms with E-state index in [-0.39, 0.29) is 12.5 Å². The van der Waals surface area contributed by atoms with Gasteiger partial charge in [-0.05, 0) is 43.1 Å². The molecule has 1 unspecified atom stereocenters. The van der Waals surface area contributed by atoms with Crippen LogP contribution in [0.1, 0.15) is 24.8 Å². The van der Waals surface area contributed by atoms with E-state index in [1.54, 1.807) is 12.1 Å². The number of halogens is 2. The molecule has 0 spiro atoms. The second kappa shape index (κ2) is 5.91. The highest BCUT2D eigenvalue weighted by atomic mass is 35.5. The summed E-state index contributed by atoms with van der Waals surface area (Å²) in [4.78, 5) is 13.0. The van der Waals surface area contributed by atoms with Crippen molar-refractivity contribution in [2.75, 3.05) is 6.54 Å². The predicted molar refractivity (Wildman–Crippen MR) is 72.1 cm³/mol. The van der Waals surface area contributed by atoms with Crippen LogP contribution in [-0.4, -0.2) is 28.6 Å². The summed E-state index contributed by atoms with van der Waals surface area (Å²) < 4.78 is 0. The van der Waals surface area contributed by atoms with Gasteiger partial charge in [0.15, 0.2) is 0 Å². The van der Waals surface area contributed by atoms with Crippen molar-refractivity contribution in [2.24, 2.45) is 0 Å². The second-order valence-electron chi connectivity index (χ2n) is 4.60. The third-order valence-corrected chi connectivity index (χ3v) is 3.89. The maximum Gasteiger partial charge on any atom is 0.304 e. The Kier molecular flexibility index (Phi) is 4.49. The fourth-order valence-electron chi connectivity index (χ4n) is 2.42. The van der Waals surface area contributed by atoms with Crippen molar-refractivity contribution in [3.05, 3.63) is 33.8 Å². The molecule has 0 aromatic heterocycles. The van der Waals surface area contributed by atoms with Crippen LogP contribution in [0.2, 0.25) is 10.0 Å². The number of hydrogen-bond donors (Lipinski definition) is 1. The average Bonchev–Trinajstić information content (AvgIpc) is 2.70. The van der Waals surface area contributed by atoms with Gasteiger partial charge in [0.1, 0.15) is 0 Å². The van der Waals surface area contributed by atoms with E-state index in [0.29, 0.717) is 16.6 Å². The molecule has 18 heavy (non-hydrogen) atoms. The fourth-order valence-corrected chi connectivity index (χ4v) is 2.79. The summed E-state index contributed by atoms with van der Waals surface area (Å²) >= 11 is 12.1. The number of likely N-dealkylation sites (tertiary alicyclic amines) is 1. The van der Waals surface area contributed by atoms with Crippen molar-refractivity contribution in [2.45, 2.75) is 31.8 Å². The Morgan fingerprint density at radius 3 is 2.94 bits per heavy atom. The predicted octanol–water partition coefficient (Wildman–Crippen LogP) is 3.43. The van der Waals surface area contributed by atoms with Crippen LogP contribution in [0, 0.1) is 0 Å². The second-order valence-corrected chi connectivity index (χ2v) is 5.44. The molecule has 2 rings (SSSR count). The smallest absolute Gasteiger partial charge is 0.304 e. The molecular formula is C13H15Cl2NO2. The summed E-state index contributed by atoms with van der Waals surface area (Å²) in [7, 11) is 0. The van der Waals surface area contributed by atoms with E-state index in [9.17, 15) is 4.79 Å². The Hall–Kier alpha value is -0.770. The highest BCUT2D eigenvalue weighted by Crippen LogP contribution is 2.27. The number of hydrogen-bond acceptors (Lipinski definition) is 2. The standard InChI is InChI=1S/C13H15Cl2NO2/c14-10-3-4-12(15)9(6-10)8-16-5-1-2-11(16)7-13(17)18/h3-4,6,11H,1-2,5,7-8H2,(H,17,18). The lowest BCUT2D eigenvalue weighted by Gasteiger charge is -2.23. The van der Waals surface area contributed by atoms with Gasteiger partial charge < -0.3 is 5.11 Å². The highest BCUT2D eigenvalue weighted by Gasteiger charge is 2.26. The molecule has 1 aliphatic heterocycles. The fraction of sp³-hybridized carbons (Fsp3) is 0.462. The van der Waals surface area contributed by atoms with Crippen LogP contribution in [0.5, 0.6) is 0 Å². The first-order valence-corrected chi connectivity index (χ1v) is 6.71. The van der Waals surface area contributed by atoms with Gasteiger partial charge in [0.25, 0.3) is 0 Å². The van der Waals surface area contributed by atoms with Crippen molar-refractivity contribution in [3.63, 3.8) is 0 Å². The molecule has 0 bridgehead atoms. The van der Waals surface area contributed by atoms with Gasteiger partial charge in [-0.3, -0.25) is 9.69 Å². The summed E-state index contributed by atoms with van der Waals surface area (Å²) in [5.74, 6) is -0.746. The van der Waals surface area contributed by atoms with Gasteiger partial charge in [0.2, 0.25) is 0 Å². The molecule has 0 saturated carbocycles. The van der Waals surface area contributed by atoms with E-state index in [2.05, 4.69) is 4.90 Å². The molecule has 0 amide bonds. The Morgan fingerprint density at radius 2 is 2.22 bits per heavy atom. The first kappa shape index (κ1) is 13.7. The van der Waals surface area contributed by atoms with Crippen molar-refractivity contribution >= 4 is 29.2 Å². The molecule has 1 aromatic rings. The van der Waals surface area contributed by atoms with E-state index < -0.39 is 5.97 Å². The molecule has 1 aliphatic rings. The minimum atomic E-state index is -0.746. The summed E-state index contributed by atoms with van der Waals surface area (Å²) in [6.45, 7) is 1.58. The molecule has 0 radical (unpaired) electrons. The Balaban J connectivity index is 2.08. The Bertz CT molecular complexity index is 451. The zero-order valence-corrected chi connectivity index (χ0v) is 11.4. The number of nitrogens with zero attached hydrogens (tertiary/aromatic N) is 1. The van der Waals surface area contributed by atoms with E-state index in [0.717, 1.165) is 24.9 Å². The lowest BCUT2D eigenvalue weighted by Crippen LogP contribution is -2.30. The number of carbonyl (C=O) groups is 1. The largest absolute Gasteiger partial charge is 0.481 e. The van der Waals surface area contributed by atoms with Crippen LogP contribution < -0.4 is 0 Å². The summed E-state index contributed by atoms with van der Waals surface area (Å²) in [5, 5.41) is 10.2. The molecule has 1 aromatic carbocycles. The first-order valence-electron chi connectivity index (χ1n) is 5.96. The van der Waals surface area contributed by atoms with Crippen molar-refractivity contribution in [1.82, 2.24) is 4.90 Å². The molecule has 3 nitrogen and oxygen atoms in total. The van der Waals surface area contributed by atoms with Crippen LogP contribution in [0.3, 0.4) is 0 Å². The van der Waals surface area contributed by atoms with Gasteiger partial charge in [0.05, 0.1) is 6.42 Å². The van der Waals surface area contributed by atoms with Gasteiger partial charge in [0, 0.05) is 22.6 Å². The third kappa shape index (κ3) is 3.37. The van der Waals surface area contributed by atoms with Crippen molar-refractivity contribution in [1.29, 1.82) is 0 Å². The zero-order valence-electron chi connectivity index (χ0n) is 9.90. The topological polar surface area (TPSA) is 40.5 Å². The van der Waals surface area contributed by atoms with Crippen molar-refractivity contribution < 1.29 is 9.90 Å². The van der Waals surface area contributed by atoms with E-state index in [1.165, 1.54) is 0 Å². The molecule has 1 fully saturated rings. The van der Waals surface area contributed by atoms with Gasteiger partial charge in [-0.2, -0.15) is 0 Å². The van der Waals surface area contributed by atoms with E-state index in [1.807, 2.05) is 6.07 Å². The number of rotatable bonds is 4. The number of benzene rings is 1. The lowest BCUT2D eigenvalue weighted by atomic mass is 10.1. The molecule has 1 heterocycles. The minimum absolute atomic E-state index is 0.109. The molecule has 1 saturated heterocycles. The monoisotopic (exact) mass is 287 g/mol. The van der Waals surface area contributed by atoms with Crippen LogP contribution in [-0.2, 0) is 11.3 Å². The zero-order chi connectivity index (χ0) is 13.1. The van der Waals surface area contributed by atoms with Gasteiger partial charge in [-0.1, -0.05) is 23.2 Å². The van der Waals surface area contributed by atoms with Crippen LogP contribution >= 0.6 is 23.2 Å². The Morgan fingerprint density at radius 1 is 1.44 bits per heavy atom. The quantitative estimate of drug-likeness (QED) is 0.922. The summed E-state index contributed by atoms with van der Waals surface area (Å²) in [5.41, 5.74) is 0.960. The normalized spacial score (nSPS) is 20.2. The number of carboxylic acid groups (broad SMARTS) is 1. The minimum Gasteiger partial charge on any atom is -0.481 e. The Labute approximate surface area is 116 Å². The molecule has 5 heteroatoms. The lowest BCUT2D eigenvalue weighted by molar-refractivity contribution is -0.138. The SMILES string of the molecule is O=C(O)CC1CCCN1Cc1cc(Cl)ccc1Cl. The average molecular weight is 288 g/mol.